The topological polar surface area (TPSA) is 40.5 Å². The van der Waals surface area contributed by atoms with Gasteiger partial charge in [-0.05, 0) is 37.0 Å². The van der Waals surface area contributed by atoms with Gasteiger partial charge in [-0.15, -0.1) is 0 Å². The van der Waals surface area contributed by atoms with Crippen molar-refractivity contribution in [1.29, 1.82) is 0 Å². The lowest BCUT2D eigenvalue weighted by Crippen LogP contribution is -1.92. The summed E-state index contributed by atoms with van der Waals surface area (Å²) in [4.78, 5) is 0. The fraction of sp³-hybridized carbons (Fsp3) is 0.400. The molecule has 1 aliphatic carbocycles. The van der Waals surface area contributed by atoms with Gasteiger partial charge in [-0.2, -0.15) is 0 Å². The van der Waals surface area contributed by atoms with Crippen molar-refractivity contribution in [3.63, 3.8) is 0 Å². The van der Waals surface area contributed by atoms with Gasteiger partial charge in [0.2, 0.25) is 0 Å². The first-order valence-corrected chi connectivity index (χ1v) is 4.19. The molecule has 1 atom stereocenters. The molecule has 0 amide bonds. The second kappa shape index (κ2) is 2.49. The Bertz CT molecular complexity index is 318. The quantitative estimate of drug-likeness (QED) is 0.612. The third-order valence-corrected chi connectivity index (χ3v) is 2.57. The van der Waals surface area contributed by atoms with Gasteiger partial charge in [0.15, 0.2) is 0 Å². The fourth-order valence-corrected chi connectivity index (χ4v) is 1.89. The van der Waals surface area contributed by atoms with Crippen LogP contribution in [0.4, 0.5) is 0 Å². The molecule has 12 heavy (non-hydrogen) atoms. The predicted molar refractivity (Wildman–Crippen MR) is 46.1 cm³/mol. The monoisotopic (exact) mass is 164 g/mol. The molecule has 2 heteroatoms. The molecule has 0 aliphatic heterocycles. The summed E-state index contributed by atoms with van der Waals surface area (Å²) in [6.07, 6.45) is 1.17. The highest BCUT2D eigenvalue weighted by molar-refractivity contribution is 5.47. The van der Waals surface area contributed by atoms with Crippen molar-refractivity contribution in [3.8, 4) is 5.75 Å². The van der Waals surface area contributed by atoms with Crippen LogP contribution in [0.2, 0.25) is 0 Å². The lowest BCUT2D eigenvalue weighted by atomic mass is 10.0. The third kappa shape index (κ3) is 0.916. The first-order chi connectivity index (χ1) is 5.70. The third-order valence-electron chi connectivity index (χ3n) is 2.57. The molecule has 2 N–H and O–H groups in total. The largest absolute Gasteiger partial charge is 0.508 e. The minimum atomic E-state index is -0.458. The highest BCUT2D eigenvalue weighted by atomic mass is 16.3. The van der Waals surface area contributed by atoms with Crippen LogP contribution < -0.4 is 0 Å². The SMILES string of the molecule is Cc1ccc(O)c2c1CCC2O. The number of aliphatic hydroxyl groups is 1. The number of hydrogen-bond donors (Lipinski definition) is 2. The van der Waals surface area contributed by atoms with Crippen molar-refractivity contribution in [1.82, 2.24) is 0 Å². The van der Waals surface area contributed by atoms with Crippen molar-refractivity contribution >= 4 is 0 Å². The Morgan fingerprint density at radius 3 is 2.83 bits per heavy atom. The summed E-state index contributed by atoms with van der Waals surface area (Å²) in [5.41, 5.74) is 3.04. The van der Waals surface area contributed by atoms with E-state index in [0.29, 0.717) is 0 Å². The molecular weight excluding hydrogens is 152 g/mol. The van der Waals surface area contributed by atoms with E-state index >= 15 is 0 Å². The van der Waals surface area contributed by atoms with Crippen LogP contribution in [-0.4, -0.2) is 10.2 Å². The number of aromatic hydroxyl groups is 1. The van der Waals surface area contributed by atoms with Crippen molar-refractivity contribution in [2.75, 3.05) is 0 Å². The van der Waals surface area contributed by atoms with E-state index in [-0.39, 0.29) is 5.75 Å². The van der Waals surface area contributed by atoms with Gasteiger partial charge in [-0.25, -0.2) is 0 Å². The molecule has 0 saturated heterocycles. The zero-order chi connectivity index (χ0) is 8.72. The highest BCUT2D eigenvalue weighted by Gasteiger charge is 2.24. The van der Waals surface area contributed by atoms with Crippen LogP contribution in [0.1, 0.15) is 29.2 Å². The normalized spacial score (nSPS) is 21.0. The molecule has 0 radical (unpaired) electrons. The molecule has 64 valence electrons. The summed E-state index contributed by atoms with van der Waals surface area (Å²) in [6, 6.07) is 3.55. The molecule has 0 heterocycles. The van der Waals surface area contributed by atoms with Gasteiger partial charge < -0.3 is 10.2 Å². The molecule has 0 spiro atoms. The van der Waals surface area contributed by atoms with Crippen LogP contribution in [-0.2, 0) is 6.42 Å². The van der Waals surface area contributed by atoms with Crippen molar-refractivity contribution in [2.45, 2.75) is 25.9 Å². The molecule has 1 aliphatic rings. The maximum Gasteiger partial charge on any atom is 0.121 e. The molecule has 2 rings (SSSR count). The number of benzene rings is 1. The Kier molecular flexibility index (Phi) is 1.58. The van der Waals surface area contributed by atoms with Crippen LogP contribution in [0, 0.1) is 6.92 Å². The summed E-state index contributed by atoms with van der Waals surface area (Å²) >= 11 is 0. The van der Waals surface area contributed by atoms with E-state index in [4.69, 9.17) is 0 Å². The summed E-state index contributed by atoms with van der Waals surface area (Å²) in [5.74, 6) is 0.237. The molecule has 0 aromatic heterocycles. The maximum atomic E-state index is 9.53. The minimum absolute atomic E-state index is 0.237. The Morgan fingerprint density at radius 1 is 1.42 bits per heavy atom. The van der Waals surface area contributed by atoms with Gasteiger partial charge in [-0.3, -0.25) is 0 Å². The molecule has 1 aromatic rings. The average molecular weight is 164 g/mol. The lowest BCUT2D eigenvalue weighted by Gasteiger charge is -2.07. The van der Waals surface area contributed by atoms with Crippen LogP contribution in [0.3, 0.4) is 0 Å². The summed E-state index contributed by atoms with van der Waals surface area (Å²) in [7, 11) is 0. The summed E-state index contributed by atoms with van der Waals surface area (Å²) in [5, 5.41) is 19.0. The van der Waals surface area contributed by atoms with Crippen molar-refractivity contribution in [2.24, 2.45) is 0 Å². The Morgan fingerprint density at radius 2 is 2.17 bits per heavy atom. The second-order valence-corrected chi connectivity index (χ2v) is 3.35. The summed E-state index contributed by atoms with van der Waals surface area (Å²) in [6.45, 7) is 2.01. The highest BCUT2D eigenvalue weighted by Crippen LogP contribution is 2.38. The van der Waals surface area contributed by atoms with Crippen LogP contribution in [0.25, 0.3) is 0 Å². The zero-order valence-electron chi connectivity index (χ0n) is 7.04. The number of hydrogen-bond acceptors (Lipinski definition) is 2. The first-order valence-electron chi connectivity index (χ1n) is 4.19. The van der Waals surface area contributed by atoms with Gasteiger partial charge >= 0.3 is 0 Å². The number of phenolic OH excluding ortho intramolecular Hbond substituents is 1. The van der Waals surface area contributed by atoms with Crippen molar-refractivity contribution in [3.05, 3.63) is 28.8 Å². The van der Waals surface area contributed by atoms with Crippen LogP contribution >= 0.6 is 0 Å². The van der Waals surface area contributed by atoms with E-state index in [9.17, 15) is 10.2 Å². The van der Waals surface area contributed by atoms with E-state index in [2.05, 4.69) is 0 Å². The van der Waals surface area contributed by atoms with Gasteiger partial charge in [0.1, 0.15) is 5.75 Å². The number of aryl methyl sites for hydroxylation is 1. The minimum Gasteiger partial charge on any atom is -0.508 e. The number of aliphatic hydroxyl groups excluding tert-OH is 1. The molecule has 0 fully saturated rings. The summed E-state index contributed by atoms with van der Waals surface area (Å²) < 4.78 is 0. The lowest BCUT2D eigenvalue weighted by molar-refractivity contribution is 0.176. The average Bonchev–Trinajstić information content (AvgIpc) is 2.42. The van der Waals surface area contributed by atoms with Gasteiger partial charge in [-0.1, -0.05) is 6.07 Å². The van der Waals surface area contributed by atoms with Gasteiger partial charge in [0.25, 0.3) is 0 Å². The van der Waals surface area contributed by atoms with E-state index < -0.39 is 6.10 Å². The standard InChI is InChI=1S/C10H12O2/c1-6-2-4-8(11)10-7(6)3-5-9(10)12/h2,4,9,11-12H,3,5H2,1H3. The van der Waals surface area contributed by atoms with Crippen LogP contribution in [0.5, 0.6) is 5.75 Å². The van der Waals surface area contributed by atoms with Gasteiger partial charge in [0, 0.05) is 5.56 Å². The maximum absolute atomic E-state index is 9.53. The van der Waals surface area contributed by atoms with Gasteiger partial charge in [0.05, 0.1) is 6.10 Å². The fourth-order valence-electron chi connectivity index (χ4n) is 1.89. The number of rotatable bonds is 0. The Hall–Kier alpha value is -1.02. The molecule has 0 bridgehead atoms. The molecule has 2 nitrogen and oxygen atoms in total. The van der Waals surface area contributed by atoms with E-state index in [1.54, 1.807) is 6.07 Å². The second-order valence-electron chi connectivity index (χ2n) is 3.35. The number of fused-ring (bicyclic) bond motifs is 1. The van der Waals surface area contributed by atoms with Crippen molar-refractivity contribution < 1.29 is 10.2 Å². The molecular formula is C10H12O2. The first kappa shape index (κ1) is 7.62. The molecule has 0 saturated carbocycles. The molecule has 1 aromatic carbocycles. The molecule has 1 unspecified atom stereocenters. The van der Waals surface area contributed by atoms with E-state index in [1.807, 2.05) is 13.0 Å². The van der Waals surface area contributed by atoms with Crippen LogP contribution in [0.15, 0.2) is 12.1 Å². The number of phenols is 1. The Balaban J connectivity index is 2.64. The van der Waals surface area contributed by atoms with E-state index in [0.717, 1.165) is 24.0 Å². The van der Waals surface area contributed by atoms with E-state index in [1.165, 1.54) is 5.56 Å². The predicted octanol–water partition coefficient (Wildman–Crippen LogP) is 1.68. The smallest absolute Gasteiger partial charge is 0.121 e. The Labute approximate surface area is 71.5 Å². The zero-order valence-corrected chi connectivity index (χ0v) is 7.04.